The molecular weight excluding hydrogens is 1280 g/mol. The summed E-state index contributed by atoms with van der Waals surface area (Å²) in [6.07, 6.45) is 5.60. The Hall–Kier alpha value is -7.71. The number of fused-ring (bicyclic) bond motifs is 7. The van der Waals surface area contributed by atoms with Crippen LogP contribution >= 0.6 is 22.7 Å². The number of para-hydroxylation sites is 1. The molecular formula is C95H136N2O3S2. The molecule has 0 spiro atoms. The molecule has 2 aliphatic rings. The highest BCUT2D eigenvalue weighted by Crippen LogP contribution is 2.33. The molecule has 7 heteroatoms. The zero-order valence-electron chi connectivity index (χ0n) is 68.7. The van der Waals surface area contributed by atoms with Crippen LogP contribution in [-0.2, 0) is 12.8 Å². The Labute approximate surface area is 630 Å². The summed E-state index contributed by atoms with van der Waals surface area (Å²) in [4.78, 5) is 8.76. The van der Waals surface area contributed by atoms with Gasteiger partial charge >= 0.3 is 0 Å². The van der Waals surface area contributed by atoms with Crippen molar-refractivity contribution in [2.24, 2.45) is 11.8 Å². The van der Waals surface area contributed by atoms with Crippen molar-refractivity contribution in [3.05, 3.63) is 256 Å². The standard InChI is InChI=1S/C13H16O.C13H14.C12H16O.C11H13N.2C11H12S.C10H11NO.7C2H6/c1-9(2)11-4-5-13-12(7-11)6-10(3)8-14-13;1-10(2)12-9-5-7-11-6-3-4-8-13(11)12;1-9(2)11-7-10-5-3-4-6-12(10)13-8-11;2*1-8(2)9-3-4-11-10(7-9)5-6-12-11;1-8(2)11-7-9-5-3-4-6-10(9)12-11;1-7(2)8-3-4-10-9(5-8)11-6-12-10;7*1-2/h4-5,7,9H,3,6,8H2,1-2H3;3-10H,1-2H3;3-6,9,11H,7-8H2,1-2H3;3-8,12H,1-2H3;2*3-8H,1-2H3;3-7H,1-2H3;7*1-2H3. The Morgan fingerprint density at radius 3 is 1.59 bits per heavy atom. The second-order valence-electron chi connectivity index (χ2n) is 25.5. The van der Waals surface area contributed by atoms with E-state index in [1.54, 1.807) is 0 Å². The van der Waals surface area contributed by atoms with E-state index in [2.05, 4.69) is 289 Å². The highest BCUT2D eigenvalue weighted by molar-refractivity contribution is 7.19. The van der Waals surface area contributed by atoms with Gasteiger partial charge in [0.1, 0.15) is 23.6 Å². The van der Waals surface area contributed by atoms with Crippen molar-refractivity contribution < 1.29 is 13.9 Å². The lowest BCUT2D eigenvalue weighted by Crippen LogP contribution is -2.24. The second kappa shape index (κ2) is 52.3. The van der Waals surface area contributed by atoms with Crippen LogP contribution in [-0.4, -0.2) is 23.2 Å². The molecule has 0 fully saturated rings. The summed E-state index contributed by atoms with van der Waals surface area (Å²) in [5, 5.41) is 8.95. The van der Waals surface area contributed by atoms with Crippen molar-refractivity contribution in [2.75, 3.05) is 13.2 Å². The Bertz CT molecular complexity index is 3880. The molecule has 0 amide bonds. The highest BCUT2D eigenvalue weighted by atomic mass is 32.1. The van der Waals surface area contributed by atoms with Crippen LogP contribution in [0.4, 0.5) is 0 Å². The van der Waals surface area contributed by atoms with E-state index in [0.717, 1.165) is 35.6 Å². The molecule has 1 unspecified atom stereocenters. The van der Waals surface area contributed by atoms with Gasteiger partial charge in [-0.3, -0.25) is 0 Å². The molecule has 1 atom stereocenters. The van der Waals surface area contributed by atoms with Gasteiger partial charge in [-0.15, -0.1) is 22.7 Å². The van der Waals surface area contributed by atoms with E-state index in [-0.39, 0.29) is 0 Å². The minimum Gasteiger partial charge on any atom is -0.493 e. The molecule has 4 aromatic heterocycles. The molecule has 0 saturated carbocycles. The number of hydrogen-bond acceptors (Lipinski definition) is 6. The lowest BCUT2D eigenvalue weighted by Gasteiger charge is -2.27. The molecule has 5 nitrogen and oxygen atoms in total. The fourth-order valence-corrected chi connectivity index (χ4v) is 12.4. The van der Waals surface area contributed by atoms with Crippen LogP contribution in [0.3, 0.4) is 0 Å². The number of rotatable bonds is 7. The van der Waals surface area contributed by atoms with Gasteiger partial charge < -0.3 is 18.9 Å². The van der Waals surface area contributed by atoms with Crippen LogP contribution in [0.1, 0.15) is 273 Å². The number of nitrogens with zero attached hydrogens (tertiary/aromatic N) is 1. The molecule has 6 heterocycles. The Kier molecular flexibility index (Phi) is 47.3. The van der Waals surface area contributed by atoms with Gasteiger partial charge in [0.25, 0.3) is 0 Å². The number of ether oxygens (including phenoxy) is 2. The fraction of sp³-hybridized carbons (Fsp3) is 0.421. The maximum absolute atomic E-state index is 5.70. The van der Waals surface area contributed by atoms with Crippen molar-refractivity contribution in [1.82, 2.24) is 9.97 Å². The minimum absolute atomic E-state index is 0.547. The lowest BCUT2D eigenvalue weighted by molar-refractivity contribution is 0.185. The zero-order chi connectivity index (χ0) is 76.9. The summed E-state index contributed by atoms with van der Waals surface area (Å²) in [5.74, 6) is 7.15. The molecule has 14 rings (SSSR count). The summed E-state index contributed by atoms with van der Waals surface area (Å²) < 4.78 is 19.2. The smallest absolute Gasteiger partial charge is 0.181 e. The number of thiophene rings is 2. The zero-order valence-corrected chi connectivity index (χ0v) is 70.3. The van der Waals surface area contributed by atoms with E-state index in [4.69, 9.17) is 13.9 Å². The maximum atomic E-state index is 5.70. The maximum Gasteiger partial charge on any atom is 0.181 e. The third-order valence-electron chi connectivity index (χ3n) is 16.3. The first kappa shape index (κ1) is 92.3. The lowest BCUT2D eigenvalue weighted by atomic mass is 9.88. The van der Waals surface area contributed by atoms with E-state index in [0.29, 0.717) is 54.0 Å². The van der Waals surface area contributed by atoms with Gasteiger partial charge in [0.05, 0.1) is 6.61 Å². The van der Waals surface area contributed by atoms with Crippen molar-refractivity contribution in [1.29, 1.82) is 0 Å². The van der Waals surface area contributed by atoms with E-state index < -0.39 is 0 Å². The number of nitrogens with one attached hydrogen (secondary N) is 1. The molecule has 0 bridgehead atoms. The normalized spacial score (nSPS) is 11.9. The average molecular weight is 1420 g/mol. The average Bonchev–Trinajstić information content (AvgIpc) is 1.40. The molecule has 12 aromatic rings. The van der Waals surface area contributed by atoms with Crippen LogP contribution in [0.5, 0.6) is 11.5 Å². The molecule has 2 aliphatic heterocycles. The Balaban J connectivity index is 0.000000578. The van der Waals surface area contributed by atoms with E-state index >= 15 is 0 Å². The van der Waals surface area contributed by atoms with Crippen LogP contribution in [0, 0.1) is 11.8 Å². The summed E-state index contributed by atoms with van der Waals surface area (Å²) in [6.45, 7) is 64.7. The predicted octanol–water partition coefficient (Wildman–Crippen LogP) is 31.6. The third kappa shape index (κ3) is 30.3. The third-order valence-corrected chi connectivity index (χ3v) is 18.7. The molecule has 1 N–H and O–H groups in total. The number of aromatic nitrogens is 2. The van der Waals surface area contributed by atoms with E-state index in [1.807, 2.05) is 138 Å². The fourth-order valence-electron chi connectivity index (χ4n) is 10.6. The Morgan fingerprint density at radius 2 is 0.971 bits per heavy atom. The molecule has 102 heavy (non-hydrogen) atoms. The summed E-state index contributed by atoms with van der Waals surface area (Å²) in [6, 6.07) is 64.5. The molecule has 0 radical (unpaired) electrons. The molecule has 556 valence electrons. The van der Waals surface area contributed by atoms with Gasteiger partial charge in [0.15, 0.2) is 12.0 Å². The number of H-pyrrole nitrogens is 1. The van der Waals surface area contributed by atoms with Gasteiger partial charge in [0, 0.05) is 32.4 Å². The van der Waals surface area contributed by atoms with Crippen molar-refractivity contribution in [3.8, 4) is 11.5 Å². The summed E-state index contributed by atoms with van der Waals surface area (Å²) in [5.41, 5.74) is 13.8. The summed E-state index contributed by atoms with van der Waals surface area (Å²) in [7, 11) is 0. The van der Waals surface area contributed by atoms with Gasteiger partial charge in [-0.25, -0.2) is 4.98 Å². The van der Waals surface area contributed by atoms with Crippen LogP contribution in [0.2, 0.25) is 0 Å². The quantitative estimate of drug-likeness (QED) is 0.162. The van der Waals surface area contributed by atoms with Gasteiger partial charge in [-0.05, 0) is 197 Å². The SMILES string of the molecule is C=C1COc2ccc(C(C)C)cc2C1.CC.CC.CC.CC.CC.CC.CC.CC(C)C1COc2ccccc2C1.CC(C)c1cc2ccccc2s1.CC(C)c1ccc2[nH]ccc2c1.CC(C)c1ccc2ocnc2c1.CC(C)c1ccc2sccc2c1.CC(C)c1cccc2ccccc12. The number of benzene rings is 8. The monoisotopic (exact) mass is 1420 g/mol. The van der Waals surface area contributed by atoms with Crippen LogP contribution in [0.15, 0.2) is 217 Å². The number of oxazole rings is 1. The first-order valence-electron chi connectivity index (χ1n) is 38.8. The minimum atomic E-state index is 0.547. The van der Waals surface area contributed by atoms with Gasteiger partial charge in [0.2, 0.25) is 0 Å². The highest BCUT2D eigenvalue weighted by Gasteiger charge is 2.22. The predicted molar refractivity (Wildman–Crippen MR) is 463 cm³/mol. The van der Waals surface area contributed by atoms with Crippen LogP contribution in [0.25, 0.3) is 52.9 Å². The van der Waals surface area contributed by atoms with Crippen molar-refractivity contribution >= 4 is 75.6 Å². The largest absolute Gasteiger partial charge is 0.493 e. The van der Waals surface area contributed by atoms with Gasteiger partial charge in [-0.1, -0.05) is 316 Å². The number of hydrogen-bond donors (Lipinski definition) is 1. The molecule has 0 saturated heterocycles. The second-order valence-corrected chi connectivity index (χ2v) is 27.6. The van der Waals surface area contributed by atoms with Crippen molar-refractivity contribution in [3.63, 3.8) is 0 Å². The molecule has 0 aliphatic carbocycles. The topological polar surface area (TPSA) is 60.3 Å². The first-order chi connectivity index (χ1) is 49.3. The van der Waals surface area contributed by atoms with E-state index in [1.165, 1.54) is 104 Å². The van der Waals surface area contributed by atoms with Crippen LogP contribution < -0.4 is 9.47 Å². The summed E-state index contributed by atoms with van der Waals surface area (Å²) >= 11 is 3.71. The first-order valence-corrected chi connectivity index (χ1v) is 40.5. The molecule has 8 aromatic carbocycles. The van der Waals surface area contributed by atoms with Gasteiger partial charge in [-0.2, -0.15) is 0 Å². The van der Waals surface area contributed by atoms with E-state index in [9.17, 15) is 0 Å². The Morgan fingerprint density at radius 1 is 0.441 bits per heavy atom. The van der Waals surface area contributed by atoms with Crippen molar-refractivity contribution in [2.45, 2.75) is 242 Å². The number of aromatic amines is 1.